The van der Waals surface area contributed by atoms with Crippen LogP contribution >= 0.6 is 0 Å². The molecule has 3 heterocycles. The molecule has 0 saturated carbocycles. The monoisotopic (exact) mass is 366 g/mol. The Kier molecular flexibility index (Phi) is 4.48. The Labute approximate surface area is 157 Å². The highest BCUT2D eigenvalue weighted by molar-refractivity contribution is 5.96. The summed E-state index contributed by atoms with van der Waals surface area (Å²) in [6, 6.07) is 12.8. The van der Waals surface area contributed by atoms with Gasteiger partial charge in [0.25, 0.3) is 11.5 Å². The molecule has 0 N–H and O–H groups in total. The van der Waals surface area contributed by atoms with Crippen molar-refractivity contribution in [2.24, 2.45) is 7.05 Å². The van der Waals surface area contributed by atoms with Crippen molar-refractivity contribution in [3.05, 3.63) is 64.3 Å². The van der Waals surface area contributed by atoms with Gasteiger partial charge < -0.3 is 18.6 Å². The first-order valence-corrected chi connectivity index (χ1v) is 9.13. The zero-order chi connectivity index (χ0) is 19.0. The van der Waals surface area contributed by atoms with Gasteiger partial charge >= 0.3 is 0 Å². The SMILES string of the molecule is Cc1cc(OC2CCN(C(=O)c3cc4ccccc4o3)CC2)cc(=O)n1C. The van der Waals surface area contributed by atoms with Crippen molar-refractivity contribution in [3.63, 3.8) is 0 Å². The molecule has 6 heteroatoms. The summed E-state index contributed by atoms with van der Waals surface area (Å²) in [6.07, 6.45) is 1.44. The number of aryl methyl sites for hydroxylation is 1. The maximum Gasteiger partial charge on any atom is 0.289 e. The second kappa shape index (κ2) is 6.95. The van der Waals surface area contributed by atoms with Crippen LogP contribution in [0.3, 0.4) is 0 Å². The van der Waals surface area contributed by atoms with Crippen LogP contribution in [0, 0.1) is 6.92 Å². The first-order chi connectivity index (χ1) is 13.0. The summed E-state index contributed by atoms with van der Waals surface area (Å²) in [5, 5.41) is 0.931. The van der Waals surface area contributed by atoms with E-state index in [1.54, 1.807) is 22.6 Å². The highest BCUT2D eigenvalue weighted by Gasteiger charge is 2.26. The lowest BCUT2D eigenvalue weighted by Crippen LogP contribution is -2.41. The van der Waals surface area contributed by atoms with Crippen LogP contribution in [0.2, 0.25) is 0 Å². The van der Waals surface area contributed by atoms with Gasteiger partial charge in [0.15, 0.2) is 5.76 Å². The minimum Gasteiger partial charge on any atom is -0.490 e. The van der Waals surface area contributed by atoms with Crippen LogP contribution < -0.4 is 10.3 Å². The molecule has 140 valence electrons. The second-order valence-electron chi connectivity index (χ2n) is 6.99. The molecule has 4 rings (SSSR count). The minimum absolute atomic E-state index is 0.00349. The first-order valence-electron chi connectivity index (χ1n) is 9.13. The molecule has 0 bridgehead atoms. The number of hydrogen-bond acceptors (Lipinski definition) is 4. The van der Waals surface area contributed by atoms with Gasteiger partial charge in [0, 0.05) is 50.1 Å². The Morgan fingerprint density at radius 1 is 1.15 bits per heavy atom. The van der Waals surface area contributed by atoms with E-state index in [4.69, 9.17) is 9.15 Å². The number of likely N-dealkylation sites (tertiary alicyclic amines) is 1. The van der Waals surface area contributed by atoms with E-state index in [2.05, 4.69) is 0 Å². The van der Waals surface area contributed by atoms with Gasteiger partial charge in [0.05, 0.1) is 0 Å². The van der Waals surface area contributed by atoms with E-state index in [1.807, 2.05) is 37.3 Å². The fourth-order valence-electron chi connectivity index (χ4n) is 3.42. The smallest absolute Gasteiger partial charge is 0.289 e. The number of fused-ring (bicyclic) bond motifs is 1. The number of benzene rings is 1. The van der Waals surface area contributed by atoms with Crippen molar-refractivity contribution in [1.82, 2.24) is 9.47 Å². The molecule has 0 atom stereocenters. The molecule has 0 spiro atoms. The van der Waals surface area contributed by atoms with Crippen LogP contribution in [0.25, 0.3) is 11.0 Å². The molecule has 0 aliphatic carbocycles. The Balaban J connectivity index is 1.40. The van der Waals surface area contributed by atoms with Crippen molar-refractivity contribution in [3.8, 4) is 5.75 Å². The summed E-state index contributed by atoms with van der Waals surface area (Å²) in [4.78, 5) is 26.4. The first kappa shape index (κ1) is 17.4. The number of pyridine rings is 1. The van der Waals surface area contributed by atoms with Crippen LogP contribution in [-0.2, 0) is 7.05 Å². The average Bonchev–Trinajstić information content (AvgIpc) is 3.10. The number of para-hydroxylation sites is 1. The van der Waals surface area contributed by atoms with Gasteiger partial charge in [-0.2, -0.15) is 0 Å². The number of carbonyl (C=O) groups is 1. The third kappa shape index (κ3) is 3.47. The quantitative estimate of drug-likeness (QED) is 0.714. The van der Waals surface area contributed by atoms with Crippen LogP contribution in [-0.4, -0.2) is 34.6 Å². The number of furan rings is 1. The molecule has 2 aromatic heterocycles. The highest BCUT2D eigenvalue weighted by atomic mass is 16.5. The maximum absolute atomic E-state index is 12.7. The van der Waals surface area contributed by atoms with E-state index in [0.717, 1.165) is 29.5 Å². The lowest BCUT2D eigenvalue weighted by Gasteiger charge is -2.31. The fraction of sp³-hybridized carbons (Fsp3) is 0.333. The molecule has 3 aromatic rings. The summed E-state index contributed by atoms with van der Waals surface area (Å²) in [5.74, 6) is 0.879. The summed E-state index contributed by atoms with van der Waals surface area (Å²) in [7, 11) is 1.74. The number of aromatic nitrogens is 1. The zero-order valence-corrected chi connectivity index (χ0v) is 15.5. The second-order valence-corrected chi connectivity index (χ2v) is 6.99. The predicted molar refractivity (Wildman–Crippen MR) is 102 cm³/mol. The molecule has 6 nitrogen and oxygen atoms in total. The summed E-state index contributed by atoms with van der Waals surface area (Å²) in [6.45, 7) is 3.08. The molecule has 1 aromatic carbocycles. The van der Waals surface area contributed by atoms with E-state index in [9.17, 15) is 9.59 Å². The number of rotatable bonds is 3. The molecular weight excluding hydrogens is 344 g/mol. The molecule has 0 radical (unpaired) electrons. The van der Waals surface area contributed by atoms with Crippen LogP contribution in [0.1, 0.15) is 29.1 Å². The normalized spacial score (nSPS) is 15.3. The molecule has 1 fully saturated rings. The highest BCUT2D eigenvalue weighted by Crippen LogP contribution is 2.23. The Morgan fingerprint density at radius 2 is 1.89 bits per heavy atom. The third-order valence-corrected chi connectivity index (χ3v) is 5.14. The largest absolute Gasteiger partial charge is 0.490 e. The average molecular weight is 366 g/mol. The molecule has 1 amide bonds. The predicted octanol–water partition coefficient (Wildman–Crippen LogP) is 3.12. The van der Waals surface area contributed by atoms with Gasteiger partial charge in [0.1, 0.15) is 17.4 Å². The molecule has 0 unspecified atom stereocenters. The molecule has 1 saturated heterocycles. The topological polar surface area (TPSA) is 64.7 Å². The van der Waals surface area contributed by atoms with Gasteiger partial charge in [0.2, 0.25) is 0 Å². The number of carbonyl (C=O) groups excluding carboxylic acids is 1. The molecule has 1 aliphatic heterocycles. The fourth-order valence-corrected chi connectivity index (χ4v) is 3.42. The van der Waals surface area contributed by atoms with Gasteiger partial charge in [-0.25, -0.2) is 0 Å². The van der Waals surface area contributed by atoms with Crippen molar-refractivity contribution in [2.75, 3.05) is 13.1 Å². The van der Waals surface area contributed by atoms with Gasteiger partial charge in [-0.05, 0) is 25.1 Å². The molecule has 1 aliphatic rings. The number of amides is 1. The van der Waals surface area contributed by atoms with Crippen LogP contribution in [0.5, 0.6) is 5.75 Å². The van der Waals surface area contributed by atoms with Crippen molar-refractivity contribution < 1.29 is 13.9 Å². The van der Waals surface area contributed by atoms with Crippen molar-refractivity contribution >= 4 is 16.9 Å². The molecular formula is C21H22N2O4. The lowest BCUT2D eigenvalue weighted by atomic mass is 10.1. The summed E-state index contributed by atoms with van der Waals surface area (Å²) >= 11 is 0. The van der Waals surface area contributed by atoms with Crippen molar-refractivity contribution in [1.29, 1.82) is 0 Å². The van der Waals surface area contributed by atoms with Crippen LogP contribution in [0.15, 0.2) is 51.7 Å². The Morgan fingerprint density at radius 3 is 2.59 bits per heavy atom. The third-order valence-electron chi connectivity index (χ3n) is 5.14. The maximum atomic E-state index is 12.7. The van der Waals surface area contributed by atoms with E-state index in [1.165, 1.54) is 6.07 Å². The Bertz CT molecular complexity index is 1010. The summed E-state index contributed by atoms with van der Waals surface area (Å²) in [5.41, 5.74) is 1.50. The number of hydrogen-bond donors (Lipinski definition) is 0. The number of piperidine rings is 1. The lowest BCUT2D eigenvalue weighted by molar-refractivity contribution is 0.0568. The van der Waals surface area contributed by atoms with E-state index in [0.29, 0.717) is 24.6 Å². The Hall–Kier alpha value is -3.02. The number of ether oxygens (including phenoxy) is 1. The standard InChI is InChI=1S/C21H22N2O4/c1-14-11-17(13-20(24)22(14)2)26-16-7-9-23(10-8-16)21(25)19-12-15-5-3-4-6-18(15)27-19/h3-6,11-13,16H,7-10H2,1-2H3. The van der Waals surface area contributed by atoms with E-state index in [-0.39, 0.29) is 17.6 Å². The minimum atomic E-state index is -0.0888. The van der Waals surface area contributed by atoms with Gasteiger partial charge in [-0.1, -0.05) is 18.2 Å². The molecule has 27 heavy (non-hydrogen) atoms. The zero-order valence-electron chi connectivity index (χ0n) is 15.5. The van der Waals surface area contributed by atoms with Gasteiger partial charge in [-0.3, -0.25) is 9.59 Å². The van der Waals surface area contributed by atoms with Crippen molar-refractivity contribution in [2.45, 2.75) is 25.9 Å². The van der Waals surface area contributed by atoms with E-state index < -0.39 is 0 Å². The van der Waals surface area contributed by atoms with Crippen LogP contribution in [0.4, 0.5) is 0 Å². The number of nitrogens with zero attached hydrogens (tertiary/aromatic N) is 2. The summed E-state index contributed by atoms with van der Waals surface area (Å²) < 4.78 is 13.2. The van der Waals surface area contributed by atoms with E-state index >= 15 is 0 Å². The van der Waals surface area contributed by atoms with Gasteiger partial charge in [-0.15, -0.1) is 0 Å².